The molecule has 1 aromatic carbocycles. The van der Waals surface area contributed by atoms with Crippen molar-refractivity contribution in [2.24, 2.45) is 0 Å². The number of carbonyl (C=O) groups is 1. The molecular formula is C15H15BrN4OS. The number of fused-ring (bicyclic) bond motifs is 1. The largest absolute Gasteiger partial charge is 0.352 e. The Morgan fingerprint density at radius 1 is 1.36 bits per heavy atom. The van der Waals surface area contributed by atoms with E-state index >= 15 is 0 Å². The number of benzene rings is 1. The molecule has 3 rings (SSSR count). The summed E-state index contributed by atoms with van der Waals surface area (Å²) in [5.41, 5.74) is 2.31. The van der Waals surface area contributed by atoms with Crippen LogP contribution >= 0.6 is 27.3 Å². The lowest BCUT2D eigenvalue weighted by atomic mass is 10.2. The van der Waals surface area contributed by atoms with Gasteiger partial charge in [-0.05, 0) is 59.6 Å². The van der Waals surface area contributed by atoms with E-state index in [-0.39, 0.29) is 5.91 Å². The predicted octanol–water partition coefficient (Wildman–Crippen LogP) is 3.25. The van der Waals surface area contributed by atoms with Gasteiger partial charge in [-0.15, -0.1) is 16.4 Å². The van der Waals surface area contributed by atoms with Crippen molar-refractivity contribution >= 4 is 44.2 Å². The third-order valence-corrected chi connectivity index (χ3v) is 5.04. The van der Waals surface area contributed by atoms with Crippen LogP contribution in [-0.2, 0) is 13.0 Å². The molecule has 0 aliphatic heterocycles. The summed E-state index contributed by atoms with van der Waals surface area (Å²) in [4.78, 5) is 13.4. The normalized spacial score (nSPS) is 11.0. The lowest BCUT2D eigenvalue weighted by Gasteiger charge is -2.04. The van der Waals surface area contributed by atoms with E-state index in [1.807, 2.05) is 29.8 Å². The van der Waals surface area contributed by atoms with E-state index in [9.17, 15) is 4.79 Å². The number of nitrogens with one attached hydrogen (secondary N) is 1. The van der Waals surface area contributed by atoms with Crippen molar-refractivity contribution in [2.45, 2.75) is 19.9 Å². The van der Waals surface area contributed by atoms with Gasteiger partial charge in [-0.1, -0.05) is 5.21 Å². The van der Waals surface area contributed by atoms with Gasteiger partial charge < -0.3 is 5.32 Å². The van der Waals surface area contributed by atoms with Gasteiger partial charge >= 0.3 is 0 Å². The molecule has 0 bridgehead atoms. The third kappa shape index (κ3) is 3.20. The highest BCUT2D eigenvalue weighted by atomic mass is 79.9. The lowest BCUT2D eigenvalue weighted by Crippen LogP contribution is -2.25. The molecule has 0 saturated heterocycles. The Hall–Kier alpha value is -1.73. The minimum Gasteiger partial charge on any atom is -0.352 e. The first-order valence-electron chi connectivity index (χ1n) is 7.03. The molecule has 0 spiro atoms. The number of nitrogens with zero attached hydrogens (tertiary/aromatic N) is 3. The van der Waals surface area contributed by atoms with Crippen LogP contribution in [0.2, 0.25) is 0 Å². The molecule has 22 heavy (non-hydrogen) atoms. The molecule has 2 aromatic heterocycles. The first-order chi connectivity index (χ1) is 10.7. The average molecular weight is 379 g/mol. The molecule has 0 saturated carbocycles. The van der Waals surface area contributed by atoms with Crippen LogP contribution in [0.5, 0.6) is 0 Å². The first kappa shape index (κ1) is 15.2. The summed E-state index contributed by atoms with van der Waals surface area (Å²) < 4.78 is 2.92. The zero-order chi connectivity index (χ0) is 15.5. The molecule has 0 aliphatic rings. The van der Waals surface area contributed by atoms with Gasteiger partial charge in [-0.25, -0.2) is 4.68 Å². The minimum atomic E-state index is -0.0800. The minimum absolute atomic E-state index is 0.0800. The Balaban J connectivity index is 1.64. The molecule has 0 unspecified atom stereocenters. The number of thiophene rings is 1. The summed E-state index contributed by atoms with van der Waals surface area (Å²) in [6.45, 7) is 3.39. The van der Waals surface area contributed by atoms with Crippen molar-refractivity contribution in [1.29, 1.82) is 0 Å². The van der Waals surface area contributed by atoms with Crippen molar-refractivity contribution in [3.05, 3.63) is 44.6 Å². The fourth-order valence-electron chi connectivity index (χ4n) is 2.23. The van der Waals surface area contributed by atoms with Crippen LogP contribution in [0.15, 0.2) is 34.1 Å². The average Bonchev–Trinajstić information content (AvgIpc) is 3.12. The van der Waals surface area contributed by atoms with E-state index in [1.165, 1.54) is 4.88 Å². The molecule has 1 amide bonds. The molecule has 5 nitrogen and oxygen atoms in total. The maximum Gasteiger partial charge on any atom is 0.251 e. The Kier molecular flexibility index (Phi) is 4.54. The second-order valence-electron chi connectivity index (χ2n) is 4.82. The maximum atomic E-state index is 12.2. The monoisotopic (exact) mass is 378 g/mol. The van der Waals surface area contributed by atoms with E-state index in [4.69, 9.17) is 0 Å². The predicted molar refractivity (Wildman–Crippen MR) is 91.3 cm³/mol. The molecule has 0 atom stereocenters. The van der Waals surface area contributed by atoms with Crippen LogP contribution in [0, 0.1) is 0 Å². The molecule has 7 heteroatoms. The quantitative estimate of drug-likeness (QED) is 0.741. The number of hydrogen-bond donors (Lipinski definition) is 1. The van der Waals surface area contributed by atoms with E-state index in [2.05, 4.69) is 37.6 Å². The Morgan fingerprint density at radius 2 is 2.23 bits per heavy atom. The second-order valence-corrected chi connectivity index (χ2v) is 7.37. The van der Waals surface area contributed by atoms with Crippen LogP contribution in [-0.4, -0.2) is 27.4 Å². The number of amides is 1. The zero-order valence-electron chi connectivity index (χ0n) is 12.0. The van der Waals surface area contributed by atoms with Gasteiger partial charge in [-0.3, -0.25) is 4.79 Å². The highest BCUT2D eigenvalue weighted by molar-refractivity contribution is 9.11. The second kappa shape index (κ2) is 6.58. The van der Waals surface area contributed by atoms with Crippen molar-refractivity contribution in [3.8, 4) is 0 Å². The van der Waals surface area contributed by atoms with Crippen LogP contribution in [0.4, 0.5) is 0 Å². The summed E-state index contributed by atoms with van der Waals surface area (Å²) in [5, 5.41) is 11.1. The van der Waals surface area contributed by atoms with Gasteiger partial charge in [0.15, 0.2) is 0 Å². The first-order valence-corrected chi connectivity index (χ1v) is 8.64. The maximum absolute atomic E-state index is 12.2. The SMILES string of the molecule is CCn1nnc2cc(C(=O)NCCc3ccc(Br)s3)ccc21. The number of hydrogen-bond acceptors (Lipinski definition) is 4. The standard InChI is InChI=1S/C15H15BrN4OS/c1-2-20-13-5-3-10(9-12(13)18-19-20)15(21)17-8-7-11-4-6-14(16)22-11/h3-6,9H,2,7-8H2,1H3,(H,17,21). The van der Waals surface area contributed by atoms with E-state index in [0.29, 0.717) is 12.1 Å². The number of aryl methyl sites for hydroxylation is 1. The molecule has 0 radical (unpaired) electrons. The number of halogens is 1. The van der Waals surface area contributed by atoms with Gasteiger partial charge in [0.05, 0.1) is 9.30 Å². The van der Waals surface area contributed by atoms with Crippen LogP contribution in [0.1, 0.15) is 22.2 Å². The number of carbonyl (C=O) groups excluding carboxylic acids is 1. The van der Waals surface area contributed by atoms with Crippen LogP contribution in [0.3, 0.4) is 0 Å². The molecule has 3 aromatic rings. The van der Waals surface area contributed by atoms with Crippen LogP contribution in [0.25, 0.3) is 11.0 Å². The smallest absolute Gasteiger partial charge is 0.251 e. The lowest BCUT2D eigenvalue weighted by molar-refractivity contribution is 0.0954. The summed E-state index contributed by atoms with van der Waals surface area (Å²) in [7, 11) is 0. The third-order valence-electron chi connectivity index (χ3n) is 3.36. The van der Waals surface area contributed by atoms with Gasteiger partial charge in [0.1, 0.15) is 5.52 Å². The topological polar surface area (TPSA) is 59.8 Å². The molecule has 1 N–H and O–H groups in total. The summed E-state index contributed by atoms with van der Waals surface area (Å²) >= 11 is 5.12. The van der Waals surface area contributed by atoms with Crippen molar-refractivity contribution in [2.75, 3.05) is 6.54 Å². The van der Waals surface area contributed by atoms with E-state index in [1.54, 1.807) is 17.4 Å². The van der Waals surface area contributed by atoms with Gasteiger partial charge in [-0.2, -0.15) is 0 Å². The zero-order valence-corrected chi connectivity index (χ0v) is 14.4. The summed E-state index contributed by atoms with van der Waals surface area (Å²) in [5.74, 6) is -0.0800. The Labute approximate surface area is 140 Å². The fraction of sp³-hybridized carbons (Fsp3) is 0.267. The van der Waals surface area contributed by atoms with E-state index < -0.39 is 0 Å². The molecule has 2 heterocycles. The number of aromatic nitrogens is 3. The van der Waals surface area contributed by atoms with E-state index in [0.717, 1.165) is 27.8 Å². The van der Waals surface area contributed by atoms with Gasteiger partial charge in [0, 0.05) is 23.5 Å². The Morgan fingerprint density at radius 3 is 2.95 bits per heavy atom. The van der Waals surface area contributed by atoms with Crippen molar-refractivity contribution < 1.29 is 4.79 Å². The molecule has 0 fully saturated rings. The summed E-state index contributed by atoms with van der Waals surface area (Å²) in [6.07, 6.45) is 0.830. The molecular weight excluding hydrogens is 364 g/mol. The Bertz CT molecular complexity index is 811. The highest BCUT2D eigenvalue weighted by Crippen LogP contribution is 2.22. The van der Waals surface area contributed by atoms with Gasteiger partial charge in [0.25, 0.3) is 5.91 Å². The molecule has 114 valence electrons. The highest BCUT2D eigenvalue weighted by Gasteiger charge is 2.09. The molecule has 0 aliphatic carbocycles. The van der Waals surface area contributed by atoms with Crippen LogP contribution < -0.4 is 5.32 Å². The van der Waals surface area contributed by atoms with Crippen molar-refractivity contribution in [1.82, 2.24) is 20.3 Å². The van der Waals surface area contributed by atoms with Gasteiger partial charge in [0.2, 0.25) is 0 Å². The number of rotatable bonds is 5. The fourth-order valence-corrected chi connectivity index (χ4v) is 3.72. The summed E-state index contributed by atoms with van der Waals surface area (Å²) in [6, 6.07) is 9.58. The van der Waals surface area contributed by atoms with Crippen molar-refractivity contribution in [3.63, 3.8) is 0 Å².